The van der Waals surface area contributed by atoms with Gasteiger partial charge in [-0.2, -0.15) is 0 Å². The van der Waals surface area contributed by atoms with E-state index in [1.165, 1.54) is 7.11 Å². The topological polar surface area (TPSA) is 81.4 Å². The van der Waals surface area contributed by atoms with Gasteiger partial charge in [0.05, 0.1) is 13.0 Å². The summed E-state index contributed by atoms with van der Waals surface area (Å²) in [5.74, 6) is 0.347. The Balaban J connectivity index is 3.83. The molecule has 0 fully saturated rings. The van der Waals surface area contributed by atoms with Crippen LogP contribution in [0.3, 0.4) is 0 Å². The third kappa shape index (κ3) is 7.38. The maximum atomic E-state index is 11.5. The zero-order valence-electron chi connectivity index (χ0n) is 8.49. The summed E-state index contributed by atoms with van der Waals surface area (Å²) >= 11 is 1.10. The van der Waals surface area contributed by atoms with E-state index >= 15 is 0 Å². The first-order chi connectivity index (χ1) is 6.52. The van der Waals surface area contributed by atoms with Crippen molar-refractivity contribution in [1.29, 1.82) is 0 Å². The van der Waals surface area contributed by atoms with Crippen LogP contribution in [0.4, 0.5) is 0 Å². The van der Waals surface area contributed by atoms with Crippen molar-refractivity contribution in [2.45, 2.75) is 19.8 Å². The molecule has 0 heterocycles. The molecule has 5 nitrogen and oxygen atoms in total. The van der Waals surface area contributed by atoms with Crippen molar-refractivity contribution < 1.29 is 14.1 Å². The van der Waals surface area contributed by atoms with Gasteiger partial charge in [0.25, 0.3) is 6.65 Å². The van der Waals surface area contributed by atoms with Crippen molar-refractivity contribution in [1.82, 2.24) is 5.09 Å². The molecule has 1 unspecified atom stereocenters. The monoisotopic (exact) mass is 240 g/mol. The molecule has 1 atom stereocenters. The molecule has 84 valence electrons. The standard InChI is InChI=1S/C7H17N2O3PS/c1-3-6-14-13(8,11)9-7(10)4-5-12-2/h3-6H2,1-2H3,(H3,8,9,10,11). The van der Waals surface area contributed by atoms with Crippen molar-refractivity contribution in [3.05, 3.63) is 0 Å². The molecule has 0 aliphatic rings. The zero-order valence-corrected chi connectivity index (χ0v) is 10.2. The third-order valence-corrected chi connectivity index (χ3v) is 4.81. The number of hydrogen-bond acceptors (Lipinski definition) is 4. The fourth-order valence-electron chi connectivity index (χ4n) is 0.684. The fraction of sp³-hybridized carbons (Fsp3) is 0.857. The van der Waals surface area contributed by atoms with Gasteiger partial charge in [0.1, 0.15) is 0 Å². The van der Waals surface area contributed by atoms with Crippen LogP contribution in [0.1, 0.15) is 19.8 Å². The second-order valence-corrected chi connectivity index (χ2v) is 7.19. The summed E-state index contributed by atoms with van der Waals surface area (Å²) in [6.07, 6.45) is 1.06. The summed E-state index contributed by atoms with van der Waals surface area (Å²) in [6.45, 7) is -0.776. The van der Waals surface area contributed by atoms with Gasteiger partial charge in [-0.1, -0.05) is 18.3 Å². The van der Waals surface area contributed by atoms with Gasteiger partial charge in [0.2, 0.25) is 5.91 Å². The molecule has 0 radical (unpaired) electrons. The average molecular weight is 240 g/mol. The molecule has 0 aliphatic heterocycles. The highest BCUT2D eigenvalue weighted by atomic mass is 32.7. The molecule has 0 aromatic carbocycles. The molecule has 1 amide bonds. The number of nitrogens with two attached hydrogens (primary N) is 1. The molecule has 0 aromatic rings. The molecule has 0 bridgehead atoms. The van der Waals surface area contributed by atoms with Gasteiger partial charge >= 0.3 is 0 Å². The number of hydrogen-bond donors (Lipinski definition) is 2. The fourth-order valence-corrected chi connectivity index (χ4v) is 3.52. The van der Waals surface area contributed by atoms with Crippen LogP contribution in [0, 0.1) is 0 Å². The Hall–Kier alpha value is -0.0300. The molecule has 0 aromatic heterocycles. The van der Waals surface area contributed by atoms with E-state index in [4.69, 9.17) is 10.2 Å². The molecule has 0 rings (SSSR count). The Morgan fingerprint density at radius 3 is 2.79 bits per heavy atom. The Labute approximate surface area is 88.4 Å². The van der Waals surface area contributed by atoms with Crippen LogP contribution < -0.4 is 10.6 Å². The molecule has 7 heteroatoms. The third-order valence-electron chi connectivity index (χ3n) is 1.30. The first kappa shape index (κ1) is 14.0. The minimum atomic E-state index is -3.04. The van der Waals surface area contributed by atoms with Crippen LogP contribution in [-0.2, 0) is 14.1 Å². The Morgan fingerprint density at radius 2 is 2.29 bits per heavy atom. The van der Waals surface area contributed by atoms with E-state index in [1.807, 2.05) is 6.92 Å². The lowest BCUT2D eigenvalue weighted by Gasteiger charge is -2.12. The number of carbonyl (C=O) groups is 1. The highest BCUT2D eigenvalue weighted by Crippen LogP contribution is 2.46. The van der Waals surface area contributed by atoms with Crippen molar-refractivity contribution in [2.75, 3.05) is 19.5 Å². The van der Waals surface area contributed by atoms with E-state index in [-0.39, 0.29) is 12.3 Å². The van der Waals surface area contributed by atoms with Crippen molar-refractivity contribution in [2.24, 2.45) is 5.50 Å². The lowest BCUT2D eigenvalue weighted by molar-refractivity contribution is -0.120. The lowest BCUT2D eigenvalue weighted by atomic mass is 10.4. The molecule has 0 saturated heterocycles. The van der Waals surface area contributed by atoms with Gasteiger partial charge in [-0.25, -0.2) is 0 Å². The summed E-state index contributed by atoms with van der Waals surface area (Å²) < 4.78 is 16.2. The highest BCUT2D eigenvalue weighted by Gasteiger charge is 2.18. The molecule has 14 heavy (non-hydrogen) atoms. The Morgan fingerprint density at radius 1 is 1.64 bits per heavy atom. The molecule has 0 spiro atoms. The van der Waals surface area contributed by atoms with E-state index < -0.39 is 6.65 Å². The second-order valence-electron chi connectivity index (χ2n) is 2.71. The minimum Gasteiger partial charge on any atom is -0.384 e. The van der Waals surface area contributed by atoms with Crippen LogP contribution in [0.15, 0.2) is 0 Å². The smallest absolute Gasteiger partial charge is 0.289 e. The van der Waals surface area contributed by atoms with Gasteiger partial charge in [-0.15, -0.1) is 0 Å². The van der Waals surface area contributed by atoms with Gasteiger partial charge in [0, 0.05) is 12.9 Å². The minimum absolute atomic E-state index is 0.185. The molecule has 0 aliphatic carbocycles. The van der Waals surface area contributed by atoms with Crippen LogP contribution >= 0.6 is 18.0 Å². The normalized spacial score (nSPS) is 14.8. The van der Waals surface area contributed by atoms with Crippen molar-refractivity contribution in [3.8, 4) is 0 Å². The highest BCUT2D eigenvalue weighted by molar-refractivity contribution is 8.56. The number of carbonyl (C=O) groups excluding carboxylic acids is 1. The predicted octanol–water partition coefficient (Wildman–Crippen LogP) is 1.35. The number of methoxy groups -OCH3 is 1. The Kier molecular flexibility index (Phi) is 7.27. The zero-order chi connectivity index (χ0) is 11.0. The predicted molar refractivity (Wildman–Crippen MR) is 59.2 cm³/mol. The number of nitrogens with one attached hydrogen (secondary N) is 1. The SMILES string of the molecule is CCCSP(N)(=O)NC(=O)CCOC. The van der Waals surface area contributed by atoms with E-state index in [1.54, 1.807) is 0 Å². The summed E-state index contributed by atoms with van der Waals surface area (Å²) in [4.78, 5) is 11.1. The van der Waals surface area contributed by atoms with Gasteiger partial charge < -0.3 is 4.74 Å². The first-order valence-corrected chi connectivity index (χ1v) is 7.71. The lowest BCUT2D eigenvalue weighted by Crippen LogP contribution is -2.23. The molecule has 3 N–H and O–H groups in total. The van der Waals surface area contributed by atoms with E-state index in [9.17, 15) is 9.36 Å². The summed E-state index contributed by atoms with van der Waals surface area (Å²) in [7, 11) is 1.50. The van der Waals surface area contributed by atoms with E-state index in [2.05, 4.69) is 5.09 Å². The first-order valence-electron chi connectivity index (χ1n) is 4.35. The Bertz CT molecular complexity index is 225. The van der Waals surface area contributed by atoms with Gasteiger partial charge in [-0.05, 0) is 6.42 Å². The molecular weight excluding hydrogens is 223 g/mol. The number of ether oxygens (including phenoxy) is 1. The van der Waals surface area contributed by atoms with Gasteiger partial charge in [-0.3, -0.25) is 20.0 Å². The molecular formula is C7H17N2O3PS. The average Bonchev–Trinajstić information content (AvgIpc) is 2.11. The maximum Gasteiger partial charge on any atom is 0.289 e. The number of rotatable bonds is 7. The van der Waals surface area contributed by atoms with E-state index in [0.29, 0.717) is 12.4 Å². The number of amides is 1. The maximum absolute atomic E-state index is 11.5. The summed E-state index contributed by atoms with van der Waals surface area (Å²) in [6, 6.07) is 0. The van der Waals surface area contributed by atoms with Crippen molar-refractivity contribution in [3.63, 3.8) is 0 Å². The summed E-state index contributed by atoms with van der Waals surface area (Å²) in [5.41, 5.74) is 5.42. The second kappa shape index (κ2) is 7.29. The largest absolute Gasteiger partial charge is 0.384 e. The van der Waals surface area contributed by atoms with Crippen LogP contribution in [0.2, 0.25) is 0 Å². The van der Waals surface area contributed by atoms with Crippen LogP contribution in [-0.4, -0.2) is 25.4 Å². The summed E-state index contributed by atoms with van der Waals surface area (Å²) in [5, 5.41) is 2.30. The quantitative estimate of drug-likeness (QED) is 0.656. The van der Waals surface area contributed by atoms with Gasteiger partial charge in [0.15, 0.2) is 0 Å². The van der Waals surface area contributed by atoms with E-state index in [0.717, 1.165) is 17.8 Å². The molecule has 0 saturated carbocycles. The van der Waals surface area contributed by atoms with Crippen LogP contribution in [0.25, 0.3) is 0 Å². The van der Waals surface area contributed by atoms with Crippen LogP contribution in [0.5, 0.6) is 0 Å². The van der Waals surface area contributed by atoms with Crippen molar-refractivity contribution >= 4 is 23.9 Å².